The van der Waals surface area contributed by atoms with Crippen molar-refractivity contribution in [2.75, 3.05) is 0 Å². The van der Waals surface area contributed by atoms with Crippen molar-refractivity contribution in [1.29, 1.82) is 0 Å². The zero-order chi connectivity index (χ0) is 19.1. The van der Waals surface area contributed by atoms with E-state index in [2.05, 4.69) is 6.92 Å². The van der Waals surface area contributed by atoms with Gasteiger partial charge in [-0.1, -0.05) is 71.1 Å². The Morgan fingerprint density at radius 1 is 0.889 bits per heavy atom. The molecule has 1 aliphatic carbocycles. The van der Waals surface area contributed by atoms with Gasteiger partial charge in [-0.05, 0) is 32.1 Å². The van der Waals surface area contributed by atoms with E-state index in [1.165, 1.54) is 64.2 Å². The molecule has 0 aromatic heterocycles. The Morgan fingerprint density at radius 3 is 2.07 bits per heavy atom. The van der Waals surface area contributed by atoms with Crippen LogP contribution in [0.1, 0.15) is 103 Å². The molecule has 3 aliphatic rings. The number of rotatable bonds is 16. The molecule has 0 spiro atoms. The number of hydrogen-bond acceptors (Lipinski definition) is 3. The van der Waals surface area contributed by atoms with Crippen molar-refractivity contribution in [3.8, 4) is 0 Å². The molecule has 2 saturated heterocycles. The highest BCUT2D eigenvalue weighted by molar-refractivity contribution is 5.70. The zero-order valence-corrected chi connectivity index (χ0v) is 17.2. The van der Waals surface area contributed by atoms with E-state index >= 15 is 0 Å². The minimum atomic E-state index is -0.611. The fraction of sp³-hybridized carbons (Fsp3) is 0.957. The van der Waals surface area contributed by atoms with E-state index in [1.54, 1.807) is 0 Å². The van der Waals surface area contributed by atoms with Crippen molar-refractivity contribution < 1.29 is 19.4 Å². The third-order valence-electron chi connectivity index (χ3n) is 6.95. The Hall–Kier alpha value is -0.610. The summed E-state index contributed by atoms with van der Waals surface area (Å²) in [5, 5.41) is 9.54. The summed E-state index contributed by atoms with van der Waals surface area (Å²) in [6.45, 7) is 2.26. The van der Waals surface area contributed by atoms with Gasteiger partial charge < -0.3 is 14.6 Å². The second kappa shape index (κ2) is 10.8. The second-order valence-corrected chi connectivity index (χ2v) is 9.09. The van der Waals surface area contributed by atoms with Crippen molar-refractivity contribution >= 4 is 5.97 Å². The predicted molar refractivity (Wildman–Crippen MR) is 107 cm³/mol. The maximum Gasteiger partial charge on any atom is 0.306 e. The second-order valence-electron chi connectivity index (χ2n) is 9.09. The Balaban J connectivity index is 1.14. The monoisotopic (exact) mass is 380 g/mol. The van der Waals surface area contributed by atoms with Gasteiger partial charge >= 0.3 is 5.97 Å². The van der Waals surface area contributed by atoms with Crippen molar-refractivity contribution in [2.45, 2.75) is 128 Å². The minimum Gasteiger partial charge on any atom is -0.481 e. The van der Waals surface area contributed by atoms with Crippen LogP contribution in [0.5, 0.6) is 0 Å². The van der Waals surface area contributed by atoms with E-state index in [4.69, 9.17) is 9.47 Å². The Bertz CT molecular complexity index is 452. The summed E-state index contributed by atoms with van der Waals surface area (Å²) in [5.41, 5.74) is 0. The van der Waals surface area contributed by atoms with Gasteiger partial charge in [0.15, 0.2) is 0 Å². The van der Waals surface area contributed by atoms with Crippen molar-refractivity contribution in [3.63, 3.8) is 0 Å². The van der Waals surface area contributed by atoms with E-state index in [1.807, 2.05) is 0 Å². The summed E-state index contributed by atoms with van der Waals surface area (Å²) in [6.07, 6.45) is 19.9. The smallest absolute Gasteiger partial charge is 0.306 e. The highest BCUT2D eigenvalue weighted by atomic mass is 16.6. The number of ether oxygens (including phenoxy) is 2. The normalized spacial score (nSPS) is 32.3. The average Bonchev–Trinajstić information content (AvgIpc) is 3.56. The predicted octanol–water partition coefficient (Wildman–Crippen LogP) is 5.72. The Labute approximate surface area is 165 Å². The minimum absolute atomic E-state index is 0.184. The summed E-state index contributed by atoms with van der Waals surface area (Å²) in [5.74, 6) is -0.522. The van der Waals surface area contributed by atoms with Crippen molar-refractivity contribution in [3.05, 3.63) is 0 Å². The molecular formula is C23H40O4. The lowest BCUT2D eigenvalue weighted by Gasteiger charge is -2.19. The van der Waals surface area contributed by atoms with Gasteiger partial charge in [-0.2, -0.15) is 0 Å². The standard InChI is InChI=1S/C23H40O4/c1-2-3-4-5-6-10-13-19-20(26-19)14-11-8-7-9-12-18(23(24)25)17-15-16-21-22(17)27-21/h17-22H,2-16H2,1H3,(H,24,25). The molecule has 156 valence electrons. The lowest BCUT2D eigenvalue weighted by atomic mass is 9.86. The first-order valence-electron chi connectivity index (χ1n) is 11.7. The summed E-state index contributed by atoms with van der Waals surface area (Å²) in [6, 6.07) is 0. The molecule has 2 aliphatic heterocycles. The van der Waals surface area contributed by atoms with Crippen LogP contribution in [0.15, 0.2) is 0 Å². The first-order valence-corrected chi connectivity index (χ1v) is 11.7. The van der Waals surface area contributed by atoms with Crippen LogP contribution < -0.4 is 0 Å². The number of fused-ring (bicyclic) bond motifs is 1. The van der Waals surface area contributed by atoms with E-state index in [0.29, 0.717) is 18.3 Å². The van der Waals surface area contributed by atoms with Crippen molar-refractivity contribution in [2.24, 2.45) is 11.8 Å². The van der Waals surface area contributed by atoms with Gasteiger partial charge in [-0.15, -0.1) is 0 Å². The molecule has 3 fully saturated rings. The molecule has 1 N–H and O–H groups in total. The number of epoxide rings is 2. The molecule has 0 amide bonds. The lowest BCUT2D eigenvalue weighted by Crippen LogP contribution is -2.25. The maximum atomic E-state index is 11.6. The van der Waals surface area contributed by atoms with Crippen LogP contribution >= 0.6 is 0 Å². The molecule has 27 heavy (non-hydrogen) atoms. The number of unbranched alkanes of at least 4 members (excludes halogenated alkanes) is 8. The van der Waals surface area contributed by atoms with Crippen LogP contribution in [-0.2, 0) is 14.3 Å². The molecular weight excluding hydrogens is 340 g/mol. The number of carbonyl (C=O) groups is 1. The summed E-state index contributed by atoms with van der Waals surface area (Å²) in [4.78, 5) is 11.6. The molecule has 6 atom stereocenters. The number of carboxylic acids is 1. The summed E-state index contributed by atoms with van der Waals surface area (Å²) >= 11 is 0. The van der Waals surface area contributed by atoms with Gasteiger partial charge in [-0.25, -0.2) is 0 Å². The topological polar surface area (TPSA) is 62.4 Å². The van der Waals surface area contributed by atoms with E-state index in [-0.39, 0.29) is 17.9 Å². The molecule has 1 saturated carbocycles. The van der Waals surface area contributed by atoms with Crippen LogP contribution in [-0.4, -0.2) is 35.5 Å². The SMILES string of the molecule is CCCCCCCCC1OC1CCCCCCC(C(=O)O)C1CCC2OC21. The highest BCUT2D eigenvalue weighted by Crippen LogP contribution is 2.47. The van der Waals surface area contributed by atoms with Crippen molar-refractivity contribution in [1.82, 2.24) is 0 Å². The van der Waals surface area contributed by atoms with Crippen LogP contribution in [0.3, 0.4) is 0 Å². The largest absolute Gasteiger partial charge is 0.481 e. The molecule has 0 radical (unpaired) electrons. The summed E-state index contributed by atoms with van der Waals surface area (Å²) in [7, 11) is 0. The van der Waals surface area contributed by atoms with E-state index in [9.17, 15) is 9.90 Å². The average molecular weight is 381 g/mol. The highest BCUT2D eigenvalue weighted by Gasteiger charge is 2.53. The van der Waals surface area contributed by atoms with Gasteiger partial charge in [0, 0.05) is 5.92 Å². The van der Waals surface area contributed by atoms with Crippen LogP contribution in [0.2, 0.25) is 0 Å². The molecule has 0 aromatic rings. The number of carboxylic acid groups (broad SMARTS) is 1. The fourth-order valence-electron chi connectivity index (χ4n) is 5.11. The Morgan fingerprint density at radius 2 is 1.52 bits per heavy atom. The third-order valence-corrected chi connectivity index (χ3v) is 6.95. The quantitative estimate of drug-likeness (QED) is 0.275. The molecule has 4 nitrogen and oxygen atoms in total. The van der Waals surface area contributed by atoms with E-state index in [0.717, 1.165) is 32.1 Å². The summed E-state index contributed by atoms with van der Waals surface area (Å²) < 4.78 is 11.4. The molecule has 6 unspecified atom stereocenters. The molecule has 3 rings (SSSR count). The molecule has 0 aromatic carbocycles. The number of hydrogen-bond donors (Lipinski definition) is 1. The maximum absolute atomic E-state index is 11.6. The first-order chi connectivity index (χ1) is 13.2. The first kappa shape index (κ1) is 21.1. The third kappa shape index (κ3) is 6.74. The van der Waals surface area contributed by atoms with Gasteiger partial charge in [0.1, 0.15) is 0 Å². The van der Waals surface area contributed by atoms with Crippen LogP contribution in [0, 0.1) is 11.8 Å². The van der Waals surface area contributed by atoms with Gasteiger partial charge in [0.05, 0.1) is 30.3 Å². The van der Waals surface area contributed by atoms with E-state index < -0.39 is 5.97 Å². The lowest BCUT2D eigenvalue weighted by molar-refractivity contribution is -0.144. The fourth-order valence-corrected chi connectivity index (χ4v) is 5.11. The van der Waals surface area contributed by atoms with Gasteiger partial charge in [-0.3, -0.25) is 4.79 Å². The van der Waals surface area contributed by atoms with Crippen LogP contribution in [0.4, 0.5) is 0 Å². The molecule has 0 bridgehead atoms. The molecule has 2 heterocycles. The van der Waals surface area contributed by atoms with Crippen LogP contribution in [0.25, 0.3) is 0 Å². The van der Waals surface area contributed by atoms with Gasteiger partial charge in [0.25, 0.3) is 0 Å². The number of aliphatic carboxylic acids is 1. The Kier molecular flexibility index (Phi) is 8.45. The molecule has 4 heteroatoms. The zero-order valence-electron chi connectivity index (χ0n) is 17.2. The van der Waals surface area contributed by atoms with Gasteiger partial charge in [0.2, 0.25) is 0 Å².